The van der Waals surface area contributed by atoms with Crippen LogP contribution in [0.1, 0.15) is 17.5 Å². The second kappa shape index (κ2) is 7.72. The Bertz CT molecular complexity index is 872. The molecule has 0 radical (unpaired) electrons. The number of fused-ring (bicyclic) bond motifs is 1. The van der Waals surface area contributed by atoms with Crippen LogP contribution in [0.3, 0.4) is 0 Å². The van der Waals surface area contributed by atoms with E-state index < -0.39 is 0 Å². The molecule has 0 aliphatic rings. The number of aromatic nitrogens is 2. The summed E-state index contributed by atoms with van der Waals surface area (Å²) in [5, 5.41) is 2.88. The van der Waals surface area contributed by atoms with Crippen molar-refractivity contribution in [3.63, 3.8) is 0 Å². The van der Waals surface area contributed by atoms with Crippen molar-refractivity contribution in [3.8, 4) is 0 Å². The van der Waals surface area contributed by atoms with Crippen LogP contribution in [0.2, 0.25) is 0 Å². The van der Waals surface area contributed by atoms with Gasteiger partial charge in [0.05, 0.1) is 35.2 Å². The third-order valence-electron chi connectivity index (χ3n) is 3.84. The molecule has 0 saturated carbocycles. The van der Waals surface area contributed by atoms with Crippen LogP contribution in [-0.2, 0) is 4.79 Å². The van der Waals surface area contributed by atoms with Gasteiger partial charge in [0.15, 0.2) is 0 Å². The maximum atomic E-state index is 12.1. The van der Waals surface area contributed by atoms with Crippen molar-refractivity contribution in [1.29, 1.82) is 0 Å². The highest BCUT2D eigenvalue weighted by Gasteiger charge is 2.17. The van der Waals surface area contributed by atoms with Gasteiger partial charge in [-0.25, -0.2) is 4.98 Å². The molecular weight excluding hydrogens is 316 g/mol. The summed E-state index contributed by atoms with van der Waals surface area (Å²) in [6.45, 7) is 0.451. The number of furan rings is 1. The highest BCUT2D eigenvalue weighted by atomic mass is 16.3. The highest BCUT2D eigenvalue weighted by Crippen LogP contribution is 2.17. The lowest BCUT2D eigenvalue weighted by Crippen LogP contribution is -2.33. The monoisotopic (exact) mass is 336 g/mol. The second-order valence-corrected chi connectivity index (χ2v) is 5.86. The molecule has 1 atom stereocenters. The van der Waals surface area contributed by atoms with Crippen LogP contribution in [0.5, 0.6) is 0 Å². The minimum absolute atomic E-state index is 0.0205. The molecule has 0 bridgehead atoms. The lowest BCUT2D eigenvalue weighted by molar-refractivity contribution is -0.116. The Labute approximate surface area is 146 Å². The molecule has 3 aromatic rings. The molecule has 128 valence electrons. The average Bonchev–Trinajstić information content (AvgIpc) is 3.14. The number of amides is 1. The largest absolute Gasteiger partial charge is 0.468 e. The number of likely N-dealkylation sites (N-methyl/N-ethyl adjacent to an activating group) is 1. The summed E-state index contributed by atoms with van der Waals surface area (Å²) >= 11 is 0. The molecule has 2 heterocycles. The van der Waals surface area contributed by atoms with E-state index in [1.165, 1.54) is 6.08 Å². The van der Waals surface area contributed by atoms with E-state index in [4.69, 9.17) is 4.42 Å². The van der Waals surface area contributed by atoms with Crippen molar-refractivity contribution < 1.29 is 9.21 Å². The number of hydrogen-bond acceptors (Lipinski definition) is 5. The Hall–Kier alpha value is -2.99. The smallest absolute Gasteiger partial charge is 0.244 e. The van der Waals surface area contributed by atoms with Gasteiger partial charge in [-0.1, -0.05) is 12.1 Å². The molecule has 0 aliphatic heterocycles. The fourth-order valence-corrected chi connectivity index (χ4v) is 2.49. The van der Waals surface area contributed by atoms with Crippen molar-refractivity contribution in [3.05, 3.63) is 66.4 Å². The zero-order chi connectivity index (χ0) is 17.6. The first-order chi connectivity index (χ1) is 12.1. The first-order valence-electron chi connectivity index (χ1n) is 8.01. The molecule has 0 aliphatic carbocycles. The summed E-state index contributed by atoms with van der Waals surface area (Å²) < 4.78 is 5.43. The van der Waals surface area contributed by atoms with Gasteiger partial charge in [-0.05, 0) is 44.4 Å². The Morgan fingerprint density at radius 2 is 2.04 bits per heavy atom. The van der Waals surface area contributed by atoms with Crippen LogP contribution < -0.4 is 5.32 Å². The number of carbonyl (C=O) groups is 1. The standard InChI is InChI=1S/C19H20N4O2/c1-23(2)17(18-8-5-11-25-18)13-21-19(24)10-9-14-12-20-15-6-3-4-7-16(15)22-14/h3-12,17H,13H2,1-2H3,(H,21,24)/b10-9+. The molecule has 6 nitrogen and oxygen atoms in total. The van der Waals surface area contributed by atoms with Crippen molar-refractivity contribution >= 4 is 23.0 Å². The van der Waals surface area contributed by atoms with E-state index in [2.05, 4.69) is 15.3 Å². The molecule has 3 rings (SSSR count). The molecule has 0 fully saturated rings. The van der Waals surface area contributed by atoms with Crippen molar-refractivity contribution in [2.24, 2.45) is 0 Å². The van der Waals surface area contributed by atoms with Crippen LogP contribution in [-0.4, -0.2) is 41.4 Å². The Kier molecular flexibility index (Phi) is 5.20. The van der Waals surface area contributed by atoms with E-state index in [9.17, 15) is 4.79 Å². The van der Waals surface area contributed by atoms with Crippen LogP contribution in [0.25, 0.3) is 17.1 Å². The summed E-state index contributed by atoms with van der Waals surface area (Å²) in [6.07, 6.45) is 6.41. The topological polar surface area (TPSA) is 71.3 Å². The van der Waals surface area contributed by atoms with Gasteiger partial charge < -0.3 is 9.73 Å². The molecule has 25 heavy (non-hydrogen) atoms. The third-order valence-corrected chi connectivity index (χ3v) is 3.84. The van der Waals surface area contributed by atoms with E-state index in [-0.39, 0.29) is 11.9 Å². The third kappa shape index (κ3) is 4.30. The van der Waals surface area contributed by atoms with Gasteiger partial charge in [0.1, 0.15) is 5.76 Å². The zero-order valence-electron chi connectivity index (χ0n) is 14.2. The van der Waals surface area contributed by atoms with Gasteiger partial charge >= 0.3 is 0 Å². The van der Waals surface area contributed by atoms with E-state index in [0.29, 0.717) is 12.2 Å². The Morgan fingerprint density at radius 3 is 2.76 bits per heavy atom. The fraction of sp³-hybridized carbons (Fsp3) is 0.211. The molecule has 0 spiro atoms. The molecule has 2 aromatic heterocycles. The van der Waals surface area contributed by atoms with E-state index >= 15 is 0 Å². The van der Waals surface area contributed by atoms with Crippen molar-refractivity contribution in [2.75, 3.05) is 20.6 Å². The van der Waals surface area contributed by atoms with Gasteiger partial charge in [-0.2, -0.15) is 0 Å². The predicted octanol–water partition coefficient (Wildman–Crippen LogP) is 2.66. The number of rotatable bonds is 6. The zero-order valence-corrected chi connectivity index (χ0v) is 14.2. The Balaban J connectivity index is 1.62. The molecule has 1 unspecified atom stereocenters. The summed E-state index contributed by atoms with van der Waals surface area (Å²) in [5.41, 5.74) is 2.27. The number of benzene rings is 1. The first kappa shape index (κ1) is 16.9. The van der Waals surface area contributed by atoms with Crippen molar-refractivity contribution in [2.45, 2.75) is 6.04 Å². The number of hydrogen-bond donors (Lipinski definition) is 1. The molecule has 6 heteroatoms. The molecule has 1 N–H and O–H groups in total. The molecule has 0 saturated heterocycles. The fourth-order valence-electron chi connectivity index (χ4n) is 2.49. The van der Waals surface area contributed by atoms with Crippen LogP contribution in [0.15, 0.2) is 59.4 Å². The van der Waals surface area contributed by atoms with E-state index in [0.717, 1.165) is 16.8 Å². The van der Waals surface area contributed by atoms with Crippen LogP contribution in [0, 0.1) is 0 Å². The highest BCUT2D eigenvalue weighted by molar-refractivity contribution is 5.91. The number of carbonyl (C=O) groups excluding carboxylic acids is 1. The van der Waals surface area contributed by atoms with Gasteiger partial charge in [0, 0.05) is 12.6 Å². The van der Waals surface area contributed by atoms with Gasteiger partial charge in [0.25, 0.3) is 0 Å². The predicted molar refractivity (Wildman–Crippen MR) is 96.7 cm³/mol. The quantitative estimate of drug-likeness (QED) is 0.701. The maximum absolute atomic E-state index is 12.1. The number of para-hydroxylation sites is 2. The minimum Gasteiger partial charge on any atom is -0.468 e. The van der Waals surface area contributed by atoms with Gasteiger partial charge in [0.2, 0.25) is 5.91 Å². The maximum Gasteiger partial charge on any atom is 0.244 e. The summed E-state index contributed by atoms with van der Waals surface area (Å²) in [7, 11) is 3.89. The number of nitrogens with one attached hydrogen (secondary N) is 1. The summed E-state index contributed by atoms with van der Waals surface area (Å²) in [6, 6.07) is 11.3. The first-order valence-corrected chi connectivity index (χ1v) is 8.01. The second-order valence-electron chi connectivity index (χ2n) is 5.86. The lowest BCUT2D eigenvalue weighted by Gasteiger charge is -2.22. The van der Waals surface area contributed by atoms with Gasteiger partial charge in [-0.3, -0.25) is 14.7 Å². The van der Waals surface area contributed by atoms with Gasteiger partial charge in [-0.15, -0.1) is 0 Å². The van der Waals surface area contributed by atoms with E-state index in [1.807, 2.05) is 55.4 Å². The minimum atomic E-state index is -0.187. The van der Waals surface area contributed by atoms with Crippen LogP contribution >= 0.6 is 0 Å². The van der Waals surface area contributed by atoms with Crippen LogP contribution in [0.4, 0.5) is 0 Å². The summed E-state index contributed by atoms with van der Waals surface area (Å²) in [4.78, 5) is 22.9. The number of nitrogens with zero attached hydrogens (tertiary/aromatic N) is 3. The Morgan fingerprint density at radius 1 is 1.24 bits per heavy atom. The van der Waals surface area contributed by atoms with Crippen molar-refractivity contribution in [1.82, 2.24) is 20.2 Å². The van der Waals surface area contributed by atoms with E-state index in [1.54, 1.807) is 18.5 Å². The summed E-state index contributed by atoms with van der Waals surface area (Å²) in [5.74, 6) is 0.628. The normalized spacial score (nSPS) is 12.8. The average molecular weight is 336 g/mol. The molecular formula is C19H20N4O2. The molecule has 1 aromatic carbocycles. The SMILES string of the molecule is CN(C)C(CNC(=O)/C=C/c1cnc2ccccc2n1)c1ccco1. The lowest BCUT2D eigenvalue weighted by atomic mass is 10.2. The molecule has 1 amide bonds.